The van der Waals surface area contributed by atoms with E-state index < -0.39 is 5.92 Å². The molecule has 1 unspecified atom stereocenters. The van der Waals surface area contributed by atoms with Gasteiger partial charge in [-0.1, -0.05) is 47.4 Å². The summed E-state index contributed by atoms with van der Waals surface area (Å²) < 4.78 is 0.812. The van der Waals surface area contributed by atoms with Gasteiger partial charge >= 0.3 is 0 Å². The summed E-state index contributed by atoms with van der Waals surface area (Å²) in [7, 11) is 0. The molecule has 0 bridgehead atoms. The number of carbonyl (C=O) groups is 1. The van der Waals surface area contributed by atoms with E-state index in [1.807, 2.05) is 37.4 Å². The summed E-state index contributed by atoms with van der Waals surface area (Å²) in [6.07, 6.45) is 3.90. The first-order valence-corrected chi connectivity index (χ1v) is 11.0. The number of allylic oxidation sites excluding steroid dienone is 3. The second kappa shape index (κ2) is 7.41. The van der Waals surface area contributed by atoms with Crippen LogP contribution in [0, 0.1) is 18.3 Å². The number of anilines is 1. The molecule has 2 heterocycles. The number of hydrogen-bond acceptors (Lipinski definition) is 8. The number of aromatic nitrogens is 2. The van der Waals surface area contributed by atoms with E-state index in [-0.39, 0.29) is 5.78 Å². The van der Waals surface area contributed by atoms with Crippen LogP contribution in [0.2, 0.25) is 0 Å². The molecule has 0 amide bonds. The predicted octanol–water partition coefficient (Wildman–Crippen LogP) is 3.87. The van der Waals surface area contributed by atoms with E-state index in [1.165, 1.54) is 23.1 Å². The Kier molecular flexibility index (Phi) is 4.96. The van der Waals surface area contributed by atoms with Crippen LogP contribution in [0.4, 0.5) is 5.13 Å². The smallest absolute Gasteiger partial charge is 0.219 e. The quantitative estimate of drug-likeness (QED) is 0.769. The summed E-state index contributed by atoms with van der Waals surface area (Å²) >= 11 is 2.91. The minimum atomic E-state index is -0.432. The molecule has 1 aliphatic heterocycles. The Morgan fingerprint density at radius 2 is 2.11 bits per heavy atom. The number of aryl methyl sites for hydroxylation is 1. The zero-order valence-corrected chi connectivity index (χ0v) is 17.2. The summed E-state index contributed by atoms with van der Waals surface area (Å²) in [5.74, 6) is -0.0134. The van der Waals surface area contributed by atoms with Crippen molar-refractivity contribution < 1.29 is 4.79 Å². The lowest BCUT2D eigenvalue weighted by Crippen LogP contribution is -2.38. The van der Waals surface area contributed by atoms with Crippen LogP contribution in [0.15, 0.2) is 51.3 Å². The molecule has 1 aliphatic carbocycles. The minimum Gasteiger partial charge on any atom is -0.384 e. The maximum Gasteiger partial charge on any atom is 0.219 e. The second-order valence-corrected chi connectivity index (χ2v) is 8.74. The molecule has 2 aromatic rings. The molecular weight excluding hydrogens is 390 g/mol. The van der Waals surface area contributed by atoms with Gasteiger partial charge in [0.25, 0.3) is 0 Å². The average molecular weight is 410 g/mol. The fraction of sp³-hybridized carbons (Fsp3) is 0.300. The lowest BCUT2D eigenvalue weighted by Gasteiger charge is -2.38. The number of thioether (sulfide) groups is 1. The van der Waals surface area contributed by atoms with E-state index in [4.69, 9.17) is 5.73 Å². The number of rotatable bonds is 3. The molecule has 1 aromatic heterocycles. The van der Waals surface area contributed by atoms with Gasteiger partial charge in [0.2, 0.25) is 5.13 Å². The average Bonchev–Trinajstić information content (AvgIpc) is 3.16. The summed E-state index contributed by atoms with van der Waals surface area (Å²) in [5, 5.41) is 19.0. The molecule has 0 spiro atoms. The highest BCUT2D eigenvalue weighted by Gasteiger charge is 2.41. The van der Waals surface area contributed by atoms with Crippen molar-refractivity contribution in [1.82, 2.24) is 10.2 Å². The SMILES string of the molecule is CSc1nnc(N2C(N)=C(C#N)C(c3ccccc3C)C3=C2CCCC3=O)s1. The lowest BCUT2D eigenvalue weighted by molar-refractivity contribution is -0.116. The number of Topliss-reactive ketones (excluding diaryl/α,β-unsaturated/α-hetero) is 1. The van der Waals surface area contributed by atoms with Gasteiger partial charge in [0.1, 0.15) is 5.82 Å². The molecule has 0 saturated carbocycles. The van der Waals surface area contributed by atoms with Crippen molar-refractivity contribution in [1.29, 1.82) is 5.26 Å². The fourth-order valence-corrected chi connectivity index (χ4v) is 5.20. The van der Waals surface area contributed by atoms with E-state index in [0.717, 1.165) is 34.0 Å². The highest BCUT2D eigenvalue weighted by molar-refractivity contribution is 8.00. The maximum atomic E-state index is 13.0. The number of benzene rings is 1. The largest absolute Gasteiger partial charge is 0.384 e. The number of carbonyl (C=O) groups excluding carboxylic acids is 1. The van der Waals surface area contributed by atoms with E-state index >= 15 is 0 Å². The van der Waals surface area contributed by atoms with Crippen molar-refractivity contribution in [3.8, 4) is 6.07 Å². The lowest BCUT2D eigenvalue weighted by atomic mass is 9.75. The van der Waals surface area contributed by atoms with Crippen molar-refractivity contribution in [3.05, 3.63) is 58.1 Å². The summed E-state index contributed by atoms with van der Waals surface area (Å²) in [5.41, 5.74) is 10.4. The number of nitrogens with two attached hydrogens (primary N) is 1. The molecule has 142 valence electrons. The molecule has 4 rings (SSSR count). The van der Waals surface area contributed by atoms with Crippen molar-refractivity contribution in [2.75, 3.05) is 11.2 Å². The molecule has 28 heavy (non-hydrogen) atoms. The molecule has 0 fully saturated rings. The van der Waals surface area contributed by atoms with Crippen LogP contribution in [0.1, 0.15) is 36.3 Å². The Labute approximate surface area is 171 Å². The van der Waals surface area contributed by atoms with Crippen LogP contribution < -0.4 is 10.6 Å². The van der Waals surface area contributed by atoms with Crippen molar-refractivity contribution in [3.63, 3.8) is 0 Å². The Hall–Kier alpha value is -2.63. The second-order valence-electron chi connectivity index (χ2n) is 6.73. The van der Waals surface area contributed by atoms with Gasteiger partial charge in [-0.25, -0.2) is 0 Å². The van der Waals surface area contributed by atoms with Gasteiger partial charge in [0.05, 0.1) is 17.6 Å². The van der Waals surface area contributed by atoms with Crippen molar-refractivity contribution in [2.24, 2.45) is 5.73 Å². The minimum absolute atomic E-state index is 0.0781. The topological polar surface area (TPSA) is 95.9 Å². The number of nitriles is 1. The molecule has 0 saturated heterocycles. The molecule has 1 aromatic carbocycles. The Bertz CT molecular complexity index is 1060. The molecular formula is C20H19N5OS2. The summed E-state index contributed by atoms with van der Waals surface area (Å²) in [6.45, 7) is 2.00. The summed E-state index contributed by atoms with van der Waals surface area (Å²) in [6, 6.07) is 10.1. The number of hydrogen-bond donors (Lipinski definition) is 1. The van der Waals surface area contributed by atoms with E-state index in [9.17, 15) is 10.1 Å². The zero-order valence-electron chi connectivity index (χ0n) is 15.6. The monoisotopic (exact) mass is 409 g/mol. The van der Waals surface area contributed by atoms with E-state index in [2.05, 4.69) is 16.3 Å². The summed E-state index contributed by atoms with van der Waals surface area (Å²) in [4.78, 5) is 14.8. The van der Waals surface area contributed by atoms with Crippen LogP contribution in [-0.4, -0.2) is 22.2 Å². The van der Waals surface area contributed by atoms with Gasteiger partial charge in [-0.3, -0.25) is 9.69 Å². The standard InChI is InChI=1S/C20H19N5OS2/c1-11-6-3-4-7-12(11)16-13(10-21)18(22)25(19-23-24-20(27-2)28-19)14-8-5-9-15(26)17(14)16/h3-4,6-7,16H,5,8-9,22H2,1-2H3. The van der Waals surface area contributed by atoms with Crippen LogP contribution in [0.3, 0.4) is 0 Å². The van der Waals surface area contributed by atoms with Crippen molar-refractivity contribution in [2.45, 2.75) is 36.4 Å². The van der Waals surface area contributed by atoms with Gasteiger partial charge in [0, 0.05) is 17.7 Å². The van der Waals surface area contributed by atoms with Gasteiger partial charge < -0.3 is 5.73 Å². The first kappa shape index (κ1) is 18.7. The Balaban J connectivity index is 1.97. The molecule has 6 nitrogen and oxygen atoms in total. The zero-order chi connectivity index (χ0) is 19.8. The normalized spacial score (nSPS) is 19.7. The molecule has 1 atom stereocenters. The Morgan fingerprint density at radius 3 is 2.79 bits per heavy atom. The highest BCUT2D eigenvalue weighted by Crippen LogP contribution is 2.47. The molecule has 0 radical (unpaired) electrons. The Morgan fingerprint density at radius 1 is 1.32 bits per heavy atom. The van der Waals surface area contributed by atoms with Crippen LogP contribution in [0.25, 0.3) is 0 Å². The number of ketones is 1. The molecule has 2 N–H and O–H groups in total. The van der Waals surface area contributed by atoms with E-state index in [1.54, 1.807) is 4.90 Å². The molecule has 8 heteroatoms. The third-order valence-corrected chi connectivity index (χ3v) is 7.06. The van der Waals surface area contributed by atoms with Gasteiger partial charge in [-0.2, -0.15) is 5.26 Å². The van der Waals surface area contributed by atoms with E-state index in [0.29, 0.717) is 28.5 Å². The van der Waals surface area contributed by atoms with Crippen LogP contribution in [0.5, 0.6) is 0 Å². The van der Waals surface area contributed by atoms with Crippen LogP contribution in [-0.2, 0) is 4.79 Å². The van der Waals surface area contributed by atoms with Gasteiger partial charge in [-0.05, 0) is 37.1 Å². The first-order valence-electron chi connectivity index (χ1n) is 8.96. The number of nitrogens with zero attached hydrogens (tertiary/aromatic N) is 4. The maximum absolute atomic E-state index is 13.0. The van der Waals surface area contributed by atoms with Gasteiger partial charge in [0.15, 0.2) is 10.1 Å². The third kappa shape index (κ3) is 2.91. The fourth-order valence-electron chi connectivity index (χ4n) is 3.90. The van der Waals surface area contributed by atoms with Crippen molar-refractivity contribution >= 4 is 34.0 Å². The third-order valence-electron chi connectivity index (χ3n) is 5.17. The highest BCUT2D eigenvalue weighted by atomic mass is 32.2. The van der Waals surface area contributed by atoms with Crippen LogP contribution >= 0.6 is 23.1 Å². The predicted molar refractivity (Wildman–Crippen MR) is 111 cm³/mol. The van der Waals surface area contributed by atoms with Gasteiger partial charge in [-0.15, -0.1) is 10.2 Å². The first-order chi connectivity index (χ1) is 13.6. The molecule has 2 aliphatic rings.